The maximum absolute atomic E-state index is 13.6. The van der Waals surface area contributed by atoms with E-state index in [-0.39, 0.29) is 31.5 Å². The van der Waals surface area contributed by atoms with E-state index in [1.807, 2.05) is 0 Å². The molecule has 0 spiro atoms. The van der Waals surface area contributed by atoms with Crippen molar-refractivity contribution in [3.05, 3.63) is 71.3 Å². The van der Waals surface area contributed by atoms with Crippen LogP contribution in [0.1, 0.15) is 35.6 Å². The van der Waals surface area contributed by atoms with E-state index in [9.17, 15) is 37.5 Å². The lowest BCUT2D eigenvalue weighted by Crippen LogP contribution is -2.56. The molecule has 4 unspecified atom stereocenters. The van der Waals surface area contributed by atoms with Gasteiger partial charge in [-0.25, -0.2) is 4.79 Å². The third-order valence-electron chi connectivity index (χ3n) is 6.93. The molecule has 2 aliphatic heterocycles. The molecule has 0 saturated carbocycles. The predicted octanol–water partition coefficient (Wildman–Crippen LogP) is 2.42. The van der Waals surface area contributed by atoms with Gasteiger partial charge in [0.15, 0.2) is 0 Å². The molecule has 12 heteroatoms. The molecule has 0 aliphatic carbocycles. The van der Waals surface area contributed by atoms with Crippen LogP contribution in [0.15, 0.2) is 54.6 Å². The van der Waals surface area contributed by atoms with E-state index in [4.69, 9.17) is 5.73 Å². The molecule has 2 aromatic carbocycles. The van der Waals surface area contributed by atoms with Crippen LogP contribution >= 0.6 is 0 Å². The molecule has 196 valence electrons. The number of nitrogens with two attached hydrogens (primary N) is 1. The minimum Gasteiger partial charge on any atom is -0.480 e. The zero-order chi connectivity index (χ0) is 27.0. The van der Waals surface area contributed by atoms with E-state index >= 15 is 0 Å². The number of benzene rings is 2. The summed E-state index contributed by atoms with van der Waals surface area (Å²) in [5.41, 5.74) is 2.83. The Morgan fingerprint density at radius 1 is 1.08 bits per heavy atom. The third kappa shape index (κ3) is 4.88. The average Bonchev–Trinajstić information content (AvgIpc) is 3.32. The maximum Gasteiger partial charge on any atom is 0.416 e. The van der Waals surface area contributed by atoms with Crippen LogP contribution in [0.2, 0.25) is 0 Å². The molecule has 2 aliphatic rings. The second-order valence-electron chi connectivity index (χ2n) is 9.17. The summed E-state index contributed by atoms with van der Waals surface area (Å²) in [7, 11) is 0. The van der Waals surface area contributed by atoms with Crippen molar-refractivity contribution in [2.45, 2.75) is 37.1 Å². The molecular weight excluding hydrogens is 493 g/mol. The number of primary amides is 1. The predicted molar refractivity (Wildman–Crippen MR) is 123 cm³/mol. The Bertz CT molecular complexity index is 1220. The van der Waals surface area contributed by atoms with Crippen LogP contribution in [0.3, 0.4) is 0 Å². The number of imide groups is 1. The fraction of sp³-hybridized carbons (Fsp3) is 0.360. The number of alkyl halides is 3. The van der Waals surface area contributed by atoms with E-state index in [1.165, 1.54) is 12.1 Å². The maximum atomic E-state index is 13.6. The first-order valence-electron chi connectivity index (χ1n) is 11.6. The summed E-state index contributed by atoms with van der Waals surface area (Å²) in [5, 5.41) is 15.5. The summed E-state index contributed by atoms with van der Waals surface area (Å²) in [6, 6.07) is 10.9. The molecule has 2 heterocycles. The number of urea groups is 1. The van der Waals surface area contributed by atoms with Gasteiger partial charge in [-0.15, -0.1) is 0 Å². The second-order valence-corrected chi connectivity index (χ2v) is 9.17. The highest BCUT2D eigenvalue weighted by Gasteiger charge is 2.68. The Kier molecular flexibility index (Phi) is 6.96. The van der Waals surface area contributed by atoms with Crippen molar-refractivity contribution in [2.24, 2.45) is 17.6 Å². The number of likely N-dealkylation sites (tertiary alicyclic amines) is 1. The number of carbonyl (C=O) groups excluding carboxylic acids is 3. The summed E-state index contributed by atoms with van der Waals surface area (Å²) in [6.45, 7) is -0.0900. The van der Waals surface area contributed by atoms with E-state index in [0.717, 1.165) is 17.0 Å². The molecule has 0 radical (unpaired) electrons. The normalized spacial score (nSPS) is 25.3. The summed E-state index contributed by atoms with van der Waals surface area (Å²) < 4.78 is 40.3. The molecule has 0 bridgehead atoms. The molecule has 2 aromatic rings. The Hall–Kier alpha value is -3.93. The number of hydrogen-bond donors (Lipinski definition) is 4. The number of nitrogens with one attached hydrogen (secondary N) is 2. The highest BCUT2D eigenvalue weighted by atomic mass is 19.4. The number of amides is 4. The van der Waals surface area contributed by atoms with E-state index in [1.54, 1.807) is 30.3 Å². The molecule has 9 nitrogen and oxygen atoms in total. The van der Waals surface area contributed by atoms with Crippen molar-refractivity contribution in [1.29, 1.82) is 0 Å². The van der Waals surface area contributed by atoms with Gasteiger partial charge >= 0.3 is 18.2 Å². The highest BCUT2D eigenvalue weighted by molar-refractivity contribution is 6.09. The van der Waals surface area contributed by atoms with Crippen LogP contribution in [0, 0.1) is 11.8 Å². The number of nitrogens with zero attached hydrogens (tertiary/aromatic N) is 1. The van der Waals surface area contributed by atoms with Crippen molar-refractivity contribution < 1.29 is 37.5 Å². The molecule has 2 fully saturated rings. The topological polar surface area (TPSA) is 142 Å². The summed E-state index contributed by atoms with van der Waals surface area (Å²) in [5.74, 6) is -5.40. The Balaban J connectivity index is 1.75. The summed E-state index contributed by atoms with van der Waals surface area (Å²) in [4.78, 5) is 51.9. The highest BCUT2D eigenvalue weighted by Crippen LogP contribution is 2.51. The second kappa shape index (κ2) is 9.85. The van der Waals surface area contributed by atoms with Gasteiger partial charge in [-0.2, -0.15) is 13.2 Å². The lowest BCUT2D eigenvalue weighted by atomic mass is 9.77. The fourth-order valence-electron chi connectivity index (χ4n) is 5.29. The molecule has 4 amide bonds. The van der Waals surface area contributed by atoms with Gasteiger partial charge in [0.2, 0.25) is 11.8 Å². The molecule has 37 heavy (non-hydrogen) atoms. The van der Waals surface area contributed by atoms with Crippen LogP contribution < -0.4 is 16.4 Å². The first-order valence-corrected chi connectivity index (χ1v) is 11.6. The average molecular weight is 518 g/mol. The molecular formula is C25H25F3N4O5. The molecule has 2 saturated heterocycles. The van der Waals surface area contributed by atoms with Crippen molar-refractivity contribution in [3.8, 4) is 0 Å². The Labute approximate surface area is 209 Å². The first kappa shape index (κ1) is 26.1. The molecule has 5 N–H and O–H groups in total. The van der Waals surface area contributed by atoms with Gasteiger partial charge < -0.3 is 16.2 Å². The minimum atomic E-state index is -4.66. The number of rotatable bonds is 8. The summed E-state index contributed by atoms with van der Waals surface area (Å²) >= 11 is 0. The smallest absolute Gasteiger partial charge is 0.416 e. The lowest BCUT2D eigenvalue weighted by Gasteiger charge is -2.31. The Morgan fingerprint density at radius 3 is 2.41 bits per heavy atom. The van der Waals surface area contributed by atoms with Gasteiger partial charge in [0.25, 0.3) is 0 Å². The third-order valence-corrected chi connectivity index (χ3v) is 6.93. The van der Waals surface area contributed by atoms with Gasteiger partial charge in [-0.3, -0.25) is 24.6 Å². The van der Waals surface area contributed by atoms with Gasteiger partial charge in [-0.05, 0) is 36.1 Å². The zero-order valence-corrected chi connectivity index (χ0v) is 19.5. The van der Waals surface area contributed by atoms with Crippen LogP contribution in [0.5, 0.6) is 0 Å². The molecule has 0 aromatic heterocycles. The van der Waals surface area contributed by atoms with Crippen molar-refractivity contribution in [2.75, 3.05) is 6.54 Å². The number of fused-ring (bicyclic) bond motifs is 1. The number of carbonyl (C=O) groups is 4. The van der Waals surface area contributed by atoms with Crippen LogP contribution in [0.4, 0.5) is 18.0 Å². The van der Waals surface area contributed by atoms with E-state index < -0.39 is 59.0 Å². The van der Waals surface area contributed by atoms with Gasteiger partial charge in [-0.1, -0.05) is 42.5 Å². The van der Waals surface area contributed by atoms with E-state index in [2.05, 4.69) is 10.6 Å². The monoisotopic (exact) mass is 518 g/mol. The van der Waals surface area contributed by atoms with Crippen molar-refractivity contribution >= 4 is 23.8 Å². The molecule has 4 atom stereocenters. The Morgan fingerprint density at radius 2 is 1.78 bits per heavy atom. The van der Waals surface area contributed by atoms with Crippen LogP contribution in [-0.4, -0.2) is 45.9 Å². The SMILES string of the molecule is NC(=O)NCCCC1(C(=O)O)NC(c2cccc(C(F)(F)F)c2)C2C(=O)N(Cc3ccccc3)C(=O)C21. The van der Waals surface area contributed by atoms with Gasteiger partial charge in [0.05, 0.1) is 23.9 Å². The number of hydrogen-bond acceptors (Lipinski definition) is 5. The minimum absolute atomic E-state index is 0.00746. The summed E-state index contributed by atoms with van der Waals surface area (Å²) in [6.07, 6.45) is -4.76. The number of aliphatic carboxylic acids is 1. The van der Waals surface area contributed by atoms with E-state index in [0.29, 0.717) is 5.56 Å². The van der Waals surface area contributed by atoms with Crippen molar-refractivity contribution in [3.63, 3.8) is 0 Å². The van der Waals surface area contributed by atoms with Gasteiger partial charge in [0.1, 0.15) is 5.54 Å². The number of halogens is 3. The van der Waals surface area contributed by atoms with Crippen LogP contribution in [-0.2, 0) is 27.1 Å². The molecule has 4 rings (SSSR count). The largest absolute Gasteiger partial charge is 0.480 e. The van der Waals surface area contributed by atoms with Crippen LogP contribution in [0.25, 0.3) is 0 Å². The standard InChI is InChI=1S/C25H25F3N4O5/c26-25(27,28)16-9-4-8-15(12-16)19-17-18(24(31-19,22(35)36)10-5-11-30-23(29)37)21(34)32(20(17)33)13-14-6-2-1-3-7-14/h1-4,6-9,12,17-19,31H,5,10-11,13H2,(H,35,36)(H3,29,30,37). The van der Waals surface area contributed by atoms with Crippen molar-refractivity contribution in [1.82, 2.24) is 15.5 Å². The zero-order valence-electron chi connectivity index (χ0n) is 19.5. The number of carboxylic acids is 1. The first-order chi connectivity index (χ1) is 17.5. The quantitative estimate of drug-likeness (QED) is 0.312. The van der Waals surface area contributed by atoms with Gasteiger partial charge in [0, 0.05) is 12.6 Å². The number of carboxylic acid groups (broad SMARTS) is 1. The fourth-order valence-corrected chi connectivity index (χ4v) is 5.29. The lowest BCUT2D eigenvalue weighted by molar-refractivity contribution is -0.152.